The number of rotatable bonds is 2. The second kappa shape index (κ2) is 4.82. The molecule has 0 bridgehead atoms. The molecule has 5 atom stereocenters. The maximum Gasteiger partial charge on any atom is 0.334 e. The Bertz CT molecular complexity index is 379. The second-order valence-electron chi connectivity index (χ2n) is 7.11. The van der Waals surface area contributed by atoms with Crippen LogP contribution in [0, 0.1) is 5.92 Å². The molecule has 1 heterocycles. The average molecular weight is 351 g/mol. The summed E-state index contributed by atoms with van der Waals surface area (Å²) in [7, 11) is -2.01. The molecule has 1 N–H and O–H groups in total. The number of aliphatic hydroxyl groups is 1. The summed E-state index contributed by atoms with van der Waals surface area (Å²) in [6.07, 6.45) is -0.667. The van der Waals surface area contributed by atoms with Crippen LogP contribution in [0.15, 0.2) is 0 Å². The fourth-order valence-electron chi connectivity index (χ4n) is 2.45. The van der Waals surface area contributed by atoms with E-state index in [1.54, 1.807) is 0 Å². The van der Waals surface area contributed by atoms with Gasteiger partial charge in [0.2, 0.25) is 0 Å². The van der Waals surface area contributed by atoms with Crippen LogP contribution in [0.25, 0.3) is 0 Å². The highest BCUT2D eigenvalue weighted by Gasteiger charge is 2.57. The summed E-state index contributed by atoms with van der Waals surface area (Å²) in [5.41, 5.74) is 0. The van der Waals surface area contributed by atoms with E-state index in [0.717, 1.165) is 0 Å². The van der Waals surface area contributed by atoms with Crippen molar-refractivity contribution in [1.82, 2.24) is 0 Å². The number of ether oxygens (including phenoxy) is 1. The minimum Gasteiger partial charge on any atom is -0.459 e. The number of carbonyl (C=O) groups excluding carboxylic acids is 1. The van der Waals surface area contributed by atoms with Crippen LogP contribution in [-0.2, 0) is 14.0 Å². The molecule has 1 unspecified atom stereocenters. The lowest BCUT2D eigenvalue weighted by atomic mass is 10.0. The van der Waals surface area contributed by atoms with E-state index in [-0.39, 0.29) is 27.9 Å². The van der Waals surface area contributed by atoms with Gasteiger partial charge in [0, 0.05) is 5.92 Å². The summed E-state index contributed by atoms with van der Waals surface area (Å²) in [4.78, 5) is 11.8. The van der Waals surface area contributed by atoms with Crippen molar-refractivity contribution in [3.63, 3.8) is 0 Å². The Morgan fingerprint density at radius 3 is 2.53 bits per heavy atom. The Kier molecular flexibility index (Phi) is 3.93. The number of halogens is 1. The average Bonchev–Trinajstić information content (AvgIpc) is 2.67. The van der Waals surface area contributed by atoms with Crippen LogP contribution in [0.5, 0.6) is 0 Å². The summed E-state index contributed by atoms with van der Waals surface area (Å²) in [5.74, 6) is -0.294. The molecule has 6 heteroatoms. The van der Waals surface area contributed by atoms with Crippen molar-refractivity contribution >= 4 is 30.2 Å². The molecule has 2 fully saturated rings. The summed E-state index contributed by atoms with van der Waals surface area (Å²) in [5, 5.41) is 9.94. The SMILES string of the molecule is CC(C)(C)[Si](C)(C)OC1C(=O)O[C@H]2[C@H](Br)[C@@H](O)C[C@@H]12. The summed E-state index contributed by atoms with van der Waals surface area (Å²) < 4.78 is 11.6. The van der Waals surface area contributed by atoms with E-state index in [0.29, 0.717) is 6.42 Å². The van der Waals surface area contributed by atoms with Crippen LogP contribution >= 0.6 is 15.9 Å². The number of aliphatic hydroxyl groups excluding tert-OH is 1. The van der Waals surface area contributed by atoms with Gasteiger partial charge < -0.3 is 14.3 Å². The van der Waals surface area contributed by atoms with Gasteiger partial charge in [-0.25, -0.2) is 4.79 Å². The predicted octanol–water partition coefficient (Wildman–Crippen LogP) is 2.45. The lowest BCUT2D eigenvalue weighted by Crippen LogP contribution is -2.46. The van der Waals surface area contributed by atoms with Crippen molar-refractivity contribution in [1.29, 1.82) is 0 Å². The van der Waals surface area contributed by atoms with E-state index in [1.165, 1.54) is 0 Å². The number of alkyl halides is 1. The van der Waals surface area contributed by atoms with Gasteiger partial charge in [-0.1, -0.05) is 36.7 Å². The number of esters is 1. The first kappa shape index (κ1) is 15.5. The molecule has 0 spiro atoms. The molecule has 2 rings (SSSR count). The summed E-state index contributed by atoms with van der Waals surface area (Å²) >= 11 is 3.41. The van der Waals surface area contributed by atoms with Crippen molar-refractivity contribution in [2.45, 2.75) is 68.5 Å². The van der Waals surface area contributed by atoms with Gasteiger partial charge in [-0.3, -0.25) is 0 Å². The molecule has 1 aliphatic heterocycles. The molecule has 0 aromatic carbocycles. The van der Waals surface area contributed by atoms with Crippen molar-refractivity contribution in [3.8, 4) is 0 Å². The molecular formula is C13H23BrO4Si. The molecule has 2 aliphatic rings. The minimum absolute atomic E-state index is 0.0269. The normalized spacial score (nSPS) is 39.3. The molecule has 4 nitrogen and oxygen atoms in total. The Morgan fingerprint density at radius 1 is 1.42 bits per heavy atom. The number of fused-ring (bicyclic) bond motifs is 1. The van der Waals surface area contributed by atoms with Crippen molar-refractivity contribution in [3.05, 3.63) is 0 Å². The summed E-state index contributed by atoms with van der Waals surface area (Å²) in [6.45, 7) is 10.7. The van der Waals surface area contributed by atoms with Crippen molar-refractivity contribution in [2.24, 2.45) is 5.92 Å². The van der Waals surface area contributed by atoms with Gasteiger partial charge in [-0.2, -0.15) is 0 Å². The molecule has 1 saturated carbocycles. The molecular weight excluding hydrogens is 328 g/mol. The maximum absolute atomic E-state index is 12.0. The zero-order chi connectivity index (χ0) is 14.6. The van der Waals surface area contributed by atoms with E-state index < -0.39 is 20.5 Å². The third-order valence-corrected chi connectivity index (χ3v) is 10.3. The van der Waals surface area contributed by atoms with E-state index in [1.807, 2.05) is 0 Å². The number of hydrogen-bond acceptors (Lipinski definition) is 4. The van der Waals surface area contributed by atoms with Gasteiger partial charge in [0.25, 0.3) is 0 Å². The highest BCUT2D eigenvalue weighted by molar-refractivity contribution is 9.09. The highest BCUT2D eigenvalue weighted by Crippen LogP contribution is 2.45. The Balaban J connectivity index is 2.15. The monoisotopic (exact) mass is 350 g/mol. The Labute approximate surface area is 124 Å². The Hall–Kier alpha value is 0.0869. The fraction of sp³-hybridized carbons (Fsp3) is 0.923. The van der Waals surface area contributed by atoms with Crippen LogP contribution in [-0.4, -0.2) is 42.5 Å². The molecule has 110 valence electrons. The largest absolute Gasteiger partial charge is 0.459 e. The third kappa shape index (κ3) is 2.64. The lowest BCUT2D eigenvalue weighted by Gasteiger charge is -2.38. The van der Waals surface area contributed by atoms with Crippen LogP contribution in [0.1, 0.15) is 27.2 Å². The number of hydrogen-bond donors (Lipinski definition) is 1. The fourth-order valence-corrected chi connectivity index (χ4v) is 4.43. The van der Waals surface area contributed by atoms with Gasteiger partial charge in [0.05, 0.1) is 10.9 Å². The first-order chi connectivity index (χ1) is 8.54. The topological polar surface area (TPSA) is 55.8 Å². The molecule has 0 amide bonds. The van der Waals surface area contributed by atoms with Gasteiger partial charge in [-0.15, -0.1) is 0 Å². The molecule has 0 aromatic heterocycles. The molecule has 19 heavy (non-hydrogen) atoms. The molecule has 1 saturated heterocycles. The molecule has 0 radical (unpaired) electrons. The minimum atomic E-state index is -2.01. The van der Waals surface area contributed by atoms with Gasteiger partial charge >= 0.3 is 5.97 Å². The smallest absolute Gasteiger partial charge is 0.334 e. The van der Waals surface area contributed by atoms with Crippen molar-refractivity contribution in [2.75, 3.05) is 0 Å². The van der Waals surface area contributed by atoms with E-state index in [2.05, 4.69) is 49.8 Å². The molecule has 1 aliphatic carbocycles. The number of carbonyl (C=O) groups is 1. The third-order valence-electron chi connectivity index (χ3n) is 4.72. The van der Waals surface area contributed by atoms with E-state index in [4.69, 9.17) is 9.16 Å². The molecule has 0 aromatic rings. The lowest BCUT2D eigenvalue weighted by molar-refractivity contribution is -0.147. The first-order valence-electron chi connectivity index (χ1n) is 6.75. The van der Waals surface area contributed by atoms with Crippen molar-refractivity contribution < 1.29 is 19.1 Å². The van der Waals surface area contributed by atoms with E-state index >= 15 is 0 Å². The first-order valence-corrected chi connectivity index (χ1v) is 10.6. The standard InChI is InChI=1S/C13H23BrO4Si/c1-13(2,3)19(4,5)18-11-7-6-8(15)9(14)10(7)17-12(11)16/h7-11,15H,6H2,1-5H3/t7-,8+,9-,10-,11?/m1/s1. The quantitative estimate of drug-likeness (QED) is 0.472. The van der Waals surface area contributed by atoms with Crippen LogP contribution < -0.4 is 0 Å². The Morgan fingerprint density at radius 2 is 2.00 bits per heavy atom. The maximum atomic E-state index is 12.0. The van der Waals surface area contributed by atoms with Gasteiger partial charge in [0.15, 0.2) is 8.32 Å². The van der Waals surface area contributed by atoms with E-state index in [9.17, 15) is 9.90 Å². The highest BCUT2D eigenvalue weighted by atomic mass is 79.9. The second-order valence-corrected chi connectivity index (χ2v) is 12.9. The predicted molar refractivity (Wildman–Crippen MR) is 78.8 cm³/mol. The van der Waals surface area contributed by atoms with Crippen LogP contribution in [0.4, 0.5) is 0 Å². The van der Waals surface area contributed by atoms with Gasteiger partial charge in [0.1, 0.15) is 12.2 Å². The summed E-state index contributed by atoms with van der Waals surface area (Å²) in [6, 6.07) is 0. The van der Waals surface area contributed by atoms with Crippen LogP contribution in [0.2, 0.25) is 18.1 Å². The zero-order valence-electron chi connectivity index (χ0n) is 12.1. The zero-order valence-corrected chi connectivity index (χ0v) is 14.7. The van der Waals surface area contributed by atoms with Crippen LogP contribution in [0.3, 0.4) is 0 Å². The van der Waals surface area contributed by atoms with Gasteiger partial charge in [-0.05, 0) is 24.6 Å².